The Morgan fingerprint density at radius 1 is 0.880 bits per heavy atom. The summed E-state index contributed by atoms with van der Waals surface area (Å²) in [6.45, 7) is 6.93. The number of benzene rings is 2. The molecule has 2 aromatic carbocycles. The summed E-state index contributed by atoms with van der Waals surface area (Å²) in [6, 6.07) is 13.0. The summed E-state index contributed by atoms with van der Waals surface area (Å²) in [5, 5.41) is 2.80. The van der Waals surface area contributed by atoms with E-state index in [9.17, 15) is 4.79 Å². The highest BCUT2D eigenvalue weighted by atomic mass is 16.5. The molecule has 1 amide bonds. The second-order valence-corrected chi connectivity index (χ2v) is 5.36. The molecule has 0 aliphatic heterocycles. The van der Waals surface area contributed by atoms with Gasteiger partial charge in [0.15, 0.2) is 18.1 Å². The number of ether oxygens (including phenoxy) is 3. The SMILES string of the molecule is CCOc1ccc(NC(=O)COc2ccc(CC)cc2)cc1OCC. The number of anilines is 1. The van der Waals surface area contributed by atoms with Crippen LogP contribution < -0.4 is 19.5 Å². The molecule has 0 aliphatic carbocycles. The summed E-state index contributed by atoms with van der Waals surface area (Å²) < 4.78 is 16.6. The van der Waals surface area contributed by atoms with Gasteiger partial charge in [-0.25, -0.2) is 0 Å². The third kappa shape index (κ3) is 5.71. The Labute approximate surface area is 148 Å². The van der Waals surface area contributed by atoms with Gasteiger partial charge in [0.1, 0.15) is 5.75 Å². The van der Waals surface area contributed by atoms with E-state index in [4.69, 9.17) is 14.2 Å². The lowest BCUT2D eigenvalue weighted by molar-refractivity contribution is -0.118. The van der Waals surface area contributed by atoms with Crippen LogP contribution in [0.25, 0.3) is 0 Å². The predicted molar refractivity (Wildman–Crippen MR) is 98.7 cm³/mol. The molecule has 0 aliphatic rings. The average molecular weight is 343 g/mol. The number of hydrogen-bond acceptors (Lipinski definition) is 4. The standard InChI is InChI=1S/C20H25NO4/c1-4-15-7-10-17(11-8-15)25-14-20(22)21-16-9-12-18(23-5-2)19(13-16)24-6-3/h7-13H,4-6,14H2,1-3H3,(H,21,22). The minimum absolute atomic E-state index is 0.0529. The van der Waals surface area contributed by atoms with Gasteiger partial charge in [0.05, 0.1) is 13.2 Å². The highest BCUT2D eigenvalue weighted by Crippen LogP contribution is 2.30. The van der Waals surface area contributed by atoms with E-state index in [2.05, 4.69) is 12.2 Å². The summed E-state index contributed by atoms with van der Waals surface area (Å²) in [5.74, 6) is 1.72. The molecule has 2 aromatic rings. The average Bonchev–Trinajstić information content (AvgIpc) is 2.63. The Morgan fingerprint density at radius 3 is 2.20 bits per heavy atom. The van der Waals surface area contributed by atoms with Gasteiger partial charge in [0, 0.05) is 11.8 Å². The van der Waals surface area contributed by atoms with E-state index in [1.165, 1.54) is 5.56 Å². The normalized spacial score (nSPS) is 10.2. The summed E-state index contributed by atoms with van der Waals surface area (Å²) in [4.78, 5) is 12.1. The first kappa shape index (κ1) is 18.6. The molecule has 0 saturated heterocycles. The molecule has 134 valence electrons. The summed E-state index contributed by atoms with van der Waals surface area (Å²) in [7, 11) is 0. The number of amides is 1. The minimum Gasteiger partial charge on any atom is -0.490 e. The Morgan fingerprint density at radius 2 is 1.56 bits per heavy atom. The van der Waals surface area contributed by atoms with Crippen molar-refractivity contribution in [3.05, 3.63) is 48.0 Å². The topological polar surface area (TPSA) is 56.8 Å². The van der Waals surface area contributed by atoms with Crippen molar-refractivity contribution in [1.82, 2.24) is 0 Å². The maximum absolute atomic E-state index is 12.1. The number of carbonyl (C=O) groups is 1. The molecule has 1 N–H and O–H groups in total. The maximum atomic E-state index is 12.1. The molecule has 0 heterocycles. The van der Waals surface area contributed by atoms with Crippen molar-refractivity contribution in [3.8, 4) is 17.2 Å². The first-order chi connectivity index (χ1) is 12.2. The van der Waals surface area contributed by atoms with Gasteiger partial charge >= 0.3 is 0 Å². The van der Waals surface area contributed by atoms with E-state index < -0.39 is 0 Å². The second-order valence-electron chi connectivity index (χ2n) is 5.36. The van der Waals surface area contributed by atoms with Crippen LogP contribution in [-0.4, -0.2) is 25.7 Å². The van der Waals surface area contributed by atoms with Crippen molar-refractivity contribution >= 4 is 11.6 Å². The molecule has 0 bridgehead atoms. The zero-order chi connectivity index (χ0) is 18.1. The van der Waals surface area contributed by atoms with Crippen LogP contribution in [0.4, 0.5) is 5.69 Å². The van der Waals surface area contributed by atoms with Crippen LogP contribution in [0, 0.1) is 0 Å². The van der Waals surface area contributed by atoms with Gasteiger partial charge in [-0.1, -0.05) is 19.1 Å². The van der Waals surface area contributed by atoms with Crippen molar-refractivity contribution in [2.45, 2.75) is 27.2 Å². The molecule has 5 heteroatoms. The van der Waals surface area contributed by atoms with Gasteiger partial charge in [-0.3, -0.25) is 4.79 Å². The molecule has 2 rings (SSSR count). The van der Waals surface area contributed by atoms with E-state index in [0.29, 0.717) is 36.1 Å². The van der Waals surface area contributed by atoms with E-state index >= 15 is 0 Å². The third-order valence-corrected chi connectivity index (χ3v) is 3.53. The first-order valence-corrected chi connectivity index (χ1v) is 8.57. The van der Waals surface area contributed by atoms with Gasteiger partial charge in [0.25, 0.3) is 5.91 Å². The van der Waals surface area contributed by atoms with Crippen molar-refractivity contribution in [2.24, 2.45) is 0 Å². The molecule has 25 heavy (non-hydrogen) atoms. The molecule has 0 fully saturated rings. The Bertz CT molecular complexity index is 683. The van der Waals surface area contributed by atoms with Crippen LogP contribution in [0.1, 0.15) is 26.3 Å². The van der Waals surface area contributed by atoms with E-state index in [1.54, 1.807) is 18.2 Å². The molecule has 0 saturated carbocycles. The smallest absolute Gasteiger partial charge is 0.262 e. The fourth-order valence-corrected chi connectivity index (χ4v) is 2.30. The van der Waals surface area contributed by atoms with Gasteiger partial charge in [-0.05, 0) is 50.1 Å². The lowest BCUT2D eigenvalue weighted by Gasteiger charge is -2.13. The lowest BCUT2D eigenvalue weighted by atomic mass is 10.2. The van der Waals surface area contributed by atoms with Crippen molar-refractivity contribution < 1.29 is 19.0 Å². The van der Waals surface area contributed by atoms with E-state index in [0.717, 1.165) is 6.42 Å². The summed E-state index contributed by atoms with van der Waals surface area (Å²) in [6.07, 6.45) is 0.973. The molecule has 5 nitrogen and oxygen atoms in total. The largest absolute Gasteiger partial charge is 0.490 e. The summed E-state index contributed by atoms with van der Waals surface area (Å²) >= 11 is 0. The van der Waals surface area contributed by atoms with Gasteiger partial charge in [-0.2, -0.15) is 0 Å². The Hall–Kier alpha value is -2.69. The quantitative estimate of drug-likeness (QED) is 0.746. The van der Waals surface area contributed by atoms with Crippen molar-refractivity contribution in [3.63, 3.8) is 0 Å². The molecular weight excluding hydrogens is 318 g/mol. The fourth-order valence-electron chi connectivity index (χ4n) is 2.30. The zero-order valence-corrected chi connectivity index (χ0v) is 15.0. The third-order valence-electron chi connectivity index (χ3n) is 3.53. The van der Waals surface area contributed by atoms with E-state index in [-0.39, 0.29) is 12.5 Å². The van der Waals surface area contributed by atoms with Crippen molar-refractivity contribution in [2.75, 3.05) is 25.1 Å². The molecule has 0 aromatic heterocycles. The van der Waals surface area contributed by atoms with Crippen LogP contribution in [0.2, 0.25) is 0 Å². The highest BCUT2D eigenvalue weighted by molar-refractivity contribution is 5.92. The Balaban J connectivity index is 1.93. The van der Waals surface area contributed by atoms with Gasteiger partial charge in [-0.15, -0.1) is 0 Å². The zero-order valence-electron chi connectivity index (χ0n) is 15.0. The number of nitrogens with one attached hydrogen (secondary N) is 1. The minimum atomic E-state index is -0.230. The number of carbonyl (C=O) groups excluding carboxylic acids is 1. The molecule has 0 unspecified atom stereocenters. The molecule has 0 radical (unpaired) electrons. The fraction of sp³-hybridized carbons (Fsp3) is 0.350. The molecule has 0 atom stereocenters. The molecular formula is C20H25NO4. The molecule has 0 spiro atoms. The van der Waals surface area contributed by atoms with Crippen molar-refractivity contribution in [1.29, 1.82) is 0 Å². The first-order valence-electron chi connectivity index (χ1n) is 8.57. The van der Waals surface area contributed by atoms with Gasteiger partial charge in [0.2, 0.25) is 0 Å². The monoisotopic (exact) mass is 343 g/mol. The van der Waals surface area contributed by atoms with Crippen LogP contribution in [0.3, 0.4) is 0 Å². The van der Waals surface area contributed by atoms with E-state index in [1.807, 2.05) is 38.1 Å². The number of rotatable bonds is 9. The summed E-state index contributed by atoms with van der Waals surface area (Å²) in [5.41, 5.74) is 1.87. The number of aryl methyl sites for hydroxylation is 1. The van der Waals surface area contributed by atoms with Gasteiger partial charge < -0.3 is 19.5 Å². The predicted octanol–water partition coefficient (Wildman–Crippen LogP) is 4.06. The highest BCUT2D eigenvalue weighted by Gasteiger charge is 2.09. The van der Waals surface area contributed by atoms with Crippen LogP contribution >= 0.6 is 0 Å². The number of hydrogen-bond donors (Lipinski definition) is 1. The van der Waals surface area contributed by atoms with Crippen LogP contribution in [-0.2, 0) is 11.2 Å². The van der Waals surface area contributed by atoms with Crippen LogP contribution in [0.5, 0.6) is 17.2 Å². The maximum Gasteiger partial charge on any atom is 0.262 e. The Kier molecular flexibility index (Phi) is 7.14. The lowest BCUT2D eigenvalue weighted by Crippen LogP contribution is -2.20. The second kappa shape index (κ2) is 9.57. The van der Waals surface area contributed by atoms with Crippen LogP contribution in [0.15, 0.2) is 42.5 Å².